The summed E-state index contributed by atoms with van der Waals surface area (Å²) in [7, 11) is 2.03. The first-order chi connectivity index (χ1) is 18.3. The van der Waals surface area contributed by atoms with E-state index in [1.54, 1.807) is 12.1 Å². The molecule has 2 bridgehead atoms. The molecule has 198 valence electrons. The van der Waals surface area contributed by atoms with Crippen LogP contribution in [0.5, 0.6) is 5.75 Å². The van der Waals surface area contributed by atoms with E-state index in [9.17, 15) is 19.5 Å². The Morgan fingerprint density at radius 1 is 1.26 bits per heavy atom. The topological polar surface area (TPSA) is 105 Å². The molecule has 2 aliphatic carbocycles. The highest BCUT2D eigenvalue weighted by Crippen LogP contribution is 2.64. The van der Waals surface area contributed by atoms with Crippen LogP contribution in [0.2, 0.25) is 0 Å². The van der Waals surface area contributed by atoms with Crippen LogP contribution in [-0.4, -0.2) is 66.1 Å². The summed E-state index contributed by atoms with van der Waals surface area (Å²) in [6.07, 6.45) is 3.43. The molecule has 5 atom stereocenters. The largest absolute Gasteiger partial charge is 0.480 e. The molecule has 2 heterocycles. The quantitative estimate of drug-likeness (QED) is 0.431. The number of carbonyl (C=O) groups excluding carboxylic acids is 3. The van der Waals surface area contributed by atoms with Crippen LogP contribution >= 0.6 is 0 Å². The van der Waals surface area contributed by atoms with Gasteiger partial charge in [-0.2, -0.15) is 0 Å². The Hall–Kier alpha value is -3.49. The normalized spacial score (nSPS) is 29.4. The molecule has 6 rings (SSSR count). The number of hydrogen-bond donors (Lipinski definition) is 2. The van der Waals surface area contributed by atoms with E-state index in [1.165, 1.54) is 0 Å². The second kappa shape index (κ2) is 9.06. The number of likely N-dealkylation sites (N-methyl/N-ethyl adjacent to an activating group) is 1. The molecule has 2 aromatic carbocycles. The maximum absolute atomic E-state index is 12.9. The molecule has 1 spiro atoms. The number of aliphatic hydroxyl groups is 1. The lowest BCUT2D eigenvalue weighted by molar-refractivity contribution is -0.169. The van der Waals surface area contributed by atoms with Gasteiger partial charge in [0.2, 0.25) is 5.91 Å². The zero-order valence-electron chi connectivity index (χ0n) is 21.6. The Labute approximate surface area is 221 Å². The second-order valence-electron chi connectivity index (χ2n) is 10.9. The van der Waals surface area contributed by atoms with Gasteiger partial charge in [0, 0.05) is 24.6 Å². The minimum atomic E-state index is -1.11. The van der Waals surface area contributed by atoms with Crippen molar-refractivity contribution in [1.29, 1.82) is 0 Å². The molecule has 2 aromatic rings. The number of aldehydes is 1. The SMILES string of the molecule is C[C@@H](C(=O)NCCC(=O)OC1=CC[C@@]2(O)[C@H]3Cc4ccc(C=O)c5c4[C@@]2(CCN3C)[C@H]1O5)c1ccccc1. The van der Waals surface area contributed by atoms with Gasteiger partial charge in [0.1, 0.15) is 11.5 Å². The molecule has 0 saturated carbocycles. The summed E-state index contributed by atoms with van der Waals surface area (Å²) in [4.78, 5) is 39.5. The Balaban J connectivity index is 1.20. The standard InChI is InChI=1S/C30H32N2O6/c1-18(19-6-4-3-5-7-19)28(35)31-14-11-24(34)37-22-10-12-30(36)23-16-20-8-9-21(17-33)26-25(20)29(30,27(22)38-26)13-15-32(23)2/h3-10,17-18,23,27,36H,11-16H2,1-2H3,(H,31,35)/t18-,23-,27+,29+,30-/m1/s1. The summed E-state index contributed by atoms with van der Waals surface area (Å²) in [5.41, 5.74) is 1.40. The molecule has 1 saturated heterocycles. The third kappa shape index (κ3) is 3.47. The van der Waals surface area contributed by atoms with E-state index in [0.29, 0.717) is 36.3 Å². The van der Waals surface area contributed by atoms with E-state index in [-0.39, 0.29) is 30.8 Å². The number of amides is 1. The molecular weight excluding hydrogens is 484 g/mol. The van der Waals surface area contributed by atoms with Crippen LogP contribution in [0.1, 0.15) is 59.2 Å². The van der Waals surface area contributed by atoms with Crippen LogP contribution in [0.4, 0.5) is 0 Å². The third-order valence-electron chi connectivity index (χ3n) is 9.08. The van der Waals surface area contributed by atoms with Crippen molar-refractivity contribution in [2.75, 3.05) is 20.1 Å². The molecule has 8 nitrogen and oxygen atoms in total. The van der Waals surface area contributed by atoms with Crippen LogP contribution in [0, 0.1) is 0 Å². The van der Waals surface area contributed by atoms with E-state index in [0.717, 1.165) is 29.5 Å². The number of esters is 1. The van der Waals surface area contributed by atoms with Gasteiger partial charge < -0.3 is 24.8 Å². The minimum absolute atomic E-state index is 0.00226. The molecule has 0 unspecified atom stereocenters. The molecule has 2 N–H and O–H groups in total. The summed E-state index contributed by atoms with van der Waals surface area (Å²) in [5, 5.41) is 15.0. The first-order valence-electron chi connectivity index (χ1n) is 13.2. The van der Waals surface area contributed by atoms with Crippen molar-refractivity contribution in [3.05, 3.63) is 76.6 Å². The first kappa shape index (κ1) is 24.8. The van der Waals surface area contributed by atoms with Crippen LogP contribution in [0.15, 0.2) is 54.3 Å². The van der Waals surface area contributed by atoms with Crippen molar-refractivity contribution in [3.63, 3.8) is 0 Å². The number of rotatable bonds is 7. The lowest BCUT2D eigenvalue weighted by Gasteiger charge is -2.61. The predicted octanol–water partition coefficient (Wildman–Crippen LogP) is 2.63. The fourth-order valence-electron chi connectivity index (χ4n) is 7.08. The fourth-order valence-corrected chi connectivity index (χ4v) is 7.08. The van der Waals surface area contributed by atoms with Crippen molar-refractivity contribution in [3.8, 4) is 5.75 Å². The zero-order valence-corrected chi connectivity index (χ0v) is 21.6. The van der Waals surface area contributed by atoms with E-state index >= 15 is 0 Å². The number of nitrogens with one attached hydrogen (secondary N) is 1. The van der Waals surface area contributed by atoms with E-state index in [4.69, 9.17) is 9.47 Å². The van der Waals surface area contributed by atoms with E-state index < -0.39 is 23.1 Å². The number of hydrogen-bond acceptors (Lipinski definition) is 7. The Morgan fingerprint density at radius 2 is 2.05 bits per heavy atom. The molecule has 4 aliphatic rings. The highest BCUT2D eigenvalue weighted by atomic mass is 16.6. The van der Waals surface area contributed by atoms with E-state index in [1.807, 2.05) is 50.4 Å². The number of likely N-dealkylation sites (tertiary alicyclic amines) is 1. The Morgan fingerprint density at radius 3 is 2.82 bits per heavy atom. The maximum atomic E-state index is 12.9. The second-order valence-corrected chi connectivity index (χ2v) is 10.9. The molecule has 0 radical (unpaired) electrons. The van der Waals surface area contributed by atoms with Gasteiger partial charge in [0.05, 0.1) is 28.9 Å². The van der Waals surface area contributed by atoms with Gasteiger partial charge in [-0.3, -0.25) is 14.4 Å². The van der Waals surface area contributed by atoms with Crippen molar-refractivity contribution >= 4 is 18.2 Å². The molecule has 0 aromatic heterocycles. The molecular formula is C30H32N2O6. The lowest BCUT2D eigenvalue weighted by Crippen LogP contribution is -2.74. The molecule has 2 aliphatic heterocycles. The molecule has 1 fully saturated rings. The highest BCUT2D eigenvalue weighted by molar-refractivity contribution is 5.84. The molecule has 1 amide bonds. The number of benzene rings is 2. The summed E-state index contributed by atoms with van der Waals surface area (Å²) in [5.74, 6) is -0.113. The van der Waals surface area contributed by atoms with Gasteiger partial charge in [-0.1, -0.05) is 36.4 Å². The maximum Gasteiger partial charge on any atom is 0.312 e. The van der Waals surface area contributed by atoms with Gasteiger partial charge in [-0.05, 0) is 56.6 Å². The Kier molecular flexibility index (Phi) is 5.92. The van der Waals surface area contributed by atoms with Gasteiger partial charge >= 0.3 is 5.97 Å². The number of nitrogens with zero attached hydrogens (tertiary/aromatic N) is 1. The first-order valence-corrected chi connectivity index (χ1v) is 13.2. The number of ether oxygens (including phenoxy) is 2. The van der Waals surface area contributed by atoms with Gasteiger partial charge in [-0.15, -0.1) is 0 Å². The van der Waals surface area contributed by atoms with Crippen molar-refractivity contribution < 1.29 is 29.0 Å². The van der Waals surface area contributed by atoms with Crippen molar-refractivity contribution in [2.45, 2.75) is 61.7 Å². The van der Waals surface area contributed by atoms with Gasteiger partial charge in [0.15, 0.2) is 12.4 Å². The summed E-state index contributed by atoms with van der Waals surface area (Å²) < 4.78 is 12.3. The third-order valence-corrected chi connectivity index (χ3v) is 9.08. The molecule has 8 heteroatoms. The molecule has 38 heavy (non-hydrogen) atoms. The number of carbonyl (C=O) groups is 3. The Bertz CT molecular complexity index is 1340. The van der Waals surface area contributed by atoms with Gasteiger partial charge in [0.25, 0.3) is 0 Å². The summed E-state index contributed by atoms with van der Waals surface area (Å²) in [6, 6.07) is 13.1. The minimum Gasteiger partial charge on any atom is -0.480 e. The van der Waals surface area contributed by atoms with Gasteiger partial charge in [-0.25, -0.2) is 0 Å². The monoisotopic (exact) mass is 516 g/mol. The smallest absolute Gasteiger partial charge is 0.312 e. The highest BCUT2D eigenvalue weighted by Gasteiger charge is 2.71. The van der Waals surface area contributed by atoms with E-state index in [2.05, 4.69) is 10.2 Å². The van der Waals surface area contributed by atoms with Crippen molar-refractivity contribution in [1.82, 2.24) is 10.2 Å². The fraction of sp³-hybridized carbons (Fsp3) is 0.433. The number of piperidine rings is 1. The zero-order chi connectivity index (χ0) is 26.7. The van der Waals surface area contributed by atoms with Crippen LogP contribution in [0.3, 0.4) is 0 Å². The van der Waals surface area contributed by atoms with Crippen LogP contribution in [0.25, 0.3) is 0 Å². The van der Waals surface area contributed by atoms with Crippen molar-refractivity contribution in [2.24, 2.45) is 0 Å². The lowest BCUT2D eigenvalue weighted by atomic mass is 9.50. The summed E-state index contributed by atoms with van der Waals surface area (Å²) in [6.45, 7) is 2.73. The van der Waals surface area contributed by atoms with Crippen LogP contribution in [-0.2, 0) is 26.2 Å². The summed E-state index contributed by atoms with van der Waals surface area (Å²) >= 11 is 0. The average Bonchev–Trinajstić information content (AvgIpc) is 3.28. The average molecular weight is 517 g/mol. The predicted molar refractivity (Wildman–Crippen MR) is 139 cm³/mol. The van der Waals surface area contributed by atoms with Crippen LogP contribution < -0.4 is 10.1 Å².